The predicted octanol–water partition coefficient (Wildman–Crippen LogP) is 1.00. The quantitative estimate of drug-likeness (QED) is 0.837. The van der Waals surface area contributed by atoms with E-state index in [1.54, 1.807) is 29.8 Å². The number of nitrogens with zero attached hydrogens (tertiary/aromatic N) is 2. The minimum absolute atomic E-state index is 0.427. The van der Waals surface area contributed by atoms with E-state index in [1.165, 1.54) is 0 Å². The number of aryl methyl sites for hydroxylation is 1. The van der Waals surface area contributed by atoms with E-state index >= 15 is 0 Å². The molecule has 2 heterocycles. The second-order valence-corrected chi connectivity index (χ2v) is 3.40. The zero-order valence-electron chi connectivity index (χ0n) is 9.23. The Morgan fingerprint density at radius 2 is 2.38 bits per heavy atom. The molecule has 5 nitrogen and oxygen atoms in total. The molecule has 0 bridgehead atoms. The van der Waals surface area contributed by atoms with Crippen molar-refractivity contribution >= 4 is 11.6 Å². The number of rotatable bonds is 3. The SMILES string of the molecule is CCc1nc2c(OC)cccn2c1C(N)=O. The van der Waals surface area contributed by atoms with Crippen LogP contribution in [0.3, 0.4) is 0 Å². The van der Waals surface area contributed by atoms with Gasteiger partial charge in [0, 0.05) is 6.20 Å². The molecule has 0 aliphatic rings. The lowest BCUT2D eigenvalue weighted by atomic mass is 10.2. The van der Waals surface area contributed by atoms with E-state index in [2.05, 4.69) is 4.98 Å². The third-order valence-electron chi connectivity index (χ3n) is 2.47. The van der Waals surface area contributed by atoms with E-state index in [0.717, 1.165) is 0 Å². The fourth-order valence-electron chi connectivity index (χ4n) is 1.76. The molecule has 2 aromatic heterocycles. The molecule has 2 rings (SSSR count). The number of hydrogen-bond acceptors (Lipinski definition) is 3. The Hall–Kier alpha value is -2.04. The number of primary amides is 1. The number of amides is 1. The Balaban J connectivity index is 2.82. The molecule has 2 aromatic rings. The molecular formula is C11H13N3O2. The van der Waals surface area contributed by atoms with Crippen molar-refractivity contribution in [3.8, 4) is 5.75 Å². The van der Waals surface area contributed by atoms with Gasteiger partial charge in [0.2, 0.25) is 0 Å². The molecule has 16 heavy (non-hydrogen) atoms. The van der Waals surface area contributed by atoms with Crippen LogP contribution in [0.25, 0.3) is 5.65 Å². The molecule has 5 heteroatoms. The van der Waals surface area contributed by atoms with E-state index in [1.807, 2.05) is 6.92 Å². The minimum atomic E-state index is -0.474. The molecule has 0 aromatic carbocycles. The van der Waals surface area contributed by atoms with Crippen molar-refractivity contribution < 1.29 is 9.53 Å². The van der Waals surface area contributed by atoms with Gasteiger partial charge in [-0.25, -0.2) is 4.98 Å². The Bertz CT molecular complexity index is 545. The predicted molar refractivity (Wildman–Crippen MR) is 59.6 cm³/mol. The first-order valence-electron chi connectivity index (χ1n) is 5.02. The van der Waals surface area contributed by atoms with Crippen molar-refractivity contribution in [2.24, 2.45) is 5.73 Å². The topological polar surface area (TPSA) is 69.6 Å². The van der Waals surface area contributed by atoms with Crippen LogP contribution in [0.5, 0.6) is 5.75 Å². The fourth-order valence-corrected chi connectivity index (χ4v) is 1.76. The average Bonchev–Trinajstić information content (AvgIpc) is 2.66. The number of imidazole rings is 1. The molecule has 0 saturated carbocycles. The van der Waals surface area contributed by atoms with Crippen LogP contribution in [0.4, 0.5) is 0 Å². The number of hydrogen-bond donors (Lipinski definition) is 1. The summed E-state index contributed by atoms with van der Waals surface area (Å²) in [4.78, 5) is 15.7. The van der Waals surface area contributed by atoms with Crippen molar-refractivity contribution in [1.29, 1.82) is 0 Å². The van der Waals surface area contributed by atoms with Gasteiger partial charge in [-0.05, 0) is 18.6 Å². The number of nitrogens with two attached hydrogens (primary N) is 1. The molecule has 0 aliphatic heterocycles. The van der Waals surface area contributed by atoms with Gasteiger partial charge in [-0.3, -0.25) is 9.20 Å². The van der Waals surface area contributed by atoms with Gasteiger partial charge in [0.1, 0.15) is 5.69 Å². The molecule has 1 amide bonds. The Morgan fingerprint density at radius 1 is 1.62 bits per heavy atom. The third kappa shape index (κ3) is 1.41. The standard InChI is InChI=1S/C11H13N3O2/c1-3-7-9(10(12)15)14-6-4-5-8(16-2)11(14)13-7/h4-6H,3H2,1-2H3,(H2,12,15). The van der Waals surface area contributed by atoms with Crippen LogP contribution in [0.1, 0.15) is 23.1 Å². The summed E-state index contributed by atoms with van der Waals surface area (Å²) in [5.74, 6) is 0.155. The van der Waals surface area contributed by atoms with E-state index in [0.29, 0.717) is 29.2 Å². The summed E-state index contributed by atoms with van der Waals surface area (Å²) < 4.78 is 6.85. The van der Waals surface area contributed by atoms with E-state index < -0.39 is 5.91 Å². The summed E-state index contributed by atoms with van der Waals surface area (Å²) >= 11 is 0. The van der Waals surface area contributed by atoms with E-state index in [9.17, 15) is 4.79 Å². The van der Waals surface area contributed by atoms with E-state index in [4.69, 9.17) is 10.5 Å². The van der Waals surface area contributed by atoms with Crippen LogP contribution >= 0.6 is 0 Å². The van der Waals surface area contributed by atoms with Gasteiger partial charge < -0.3 is 10.5 Å². The monoisotopic (exact) mass is 219 g/mol. The second kappa shape index (κ2) is 3.84. The van der Waals surface area contributed by atoms with Gasteiger partial charge in [-0.1, -0.05) is 6.92 Å². The summed E-state index contributed by atoms with van der Waals surface area (Å²) in [6.07, 6.45) is 2.41. The fraction of sp³-hybridized carbons (Fsp3) is 0.273. The van der Waals surface area contributed by atoms with Crippen molar-refractivity contribution in [1.82, 2.24) is 9.38 Å². The van der Waals surface area contributed by atoms with Crippen LogP contribution in [-0.4, -0.2) is 22.4 Å². The maximum atomic E-state index is 11.4. The number of carbonyl (C=O) groups is 1. The normalized spacial score (nSPS) is 10.6. The van der Waals surface area contributed by atoms with Crippen LogP contribution in [0, 0.1) is 0 Å². The molecule has 0 aliphatic carbocycles. The summed E-state index contributed by atoms with van der Waals surface area (Å²) in [6, 6.07) is 3.59. The molecule has 0 spiro atoms. The summed E-state index contributed by atoms with van der Waals surface area (Å²) in [7, 11) is 1.57. The Kier molecular flexibility index (Phi) is 2.52. The second-order valence-electron chi connectivity index (χ2n) is 3.40. The average molecular weight is 219 g/mol. The van der Waals surface area contributed by atoms with Gasteiger partial charge in [-0.15, -0.1) is 0 Å². The van der Waals surface area contributed by atoms with Crippen LogP contribution in [0.15, 0.2) is 18.3 Å². The highest BCUT2D eigenvalue weighted by atomic mass is 16.5. The number of methoxy groups -OCH3 is 1. The molecule has 0 saturated heterocycles. The Morgan fingerprint density at radius 3 is 2.94 bits per heavy atom. The lowest BCUT2D eigenvalue weighted by Crippen LogP contribution is -2.15. The number of fused-ring (bicyclic) bond motifs is 1. The smallest absolute Gasteiger partial charge is 0.267 e. The lowest BCUT2D eigenvalue weighted by Gasteiger charge is -2.02. The first-order valence-corrected chi connectivity index (χ1v) is 5.02. The molecule has 0 unspecified atom stereocenters. The van der Waals surface area contributed by atoms with Crippen molar-refractivity contribution in [2.45, 2.75) is 13.3 Å². The molecule has 0 fully saturated rings. The maximum Gasteiger partial charge on any atom is 0.267 e. The van der Waals surface area contributed by atoms with Crippen LogP contribution in [-0.2, 0) is 6.42 Å². The van der Waals surface area contributed by atoms with Gasteiger partial charge >= 0.3 is 0 Å². The van der Waals surface area contributed by atoms with Gasteiger partial charge in [0.05, 0.1) is 12.8 Å². The number of carbonyl (C=O) groups excluding carboxylic acids is 1. The molecule has 84 valence electrons. The van der Waals surface area contributed by atoms with Gasteiger partial charge in [0.15, 0.2) is 11.4 Å². The van der Waals surface area contributed by atoms with Gasteiger partial charge in [0.25, 0.3) is 5.91 Å². The van der Waals surface area contributed by atoms with Crippen molar-refractivity contribution in [3.05, 3.63) is 29.7 Å². The first kappa shape index (κ1) is 10.5. The zero-order chi connectivity index (χ0) is 11.7. The van der Waals surface area contributed by atoms with E-state index in [-0.39, 0.29) is 0 Å². The minimum Gasteiger partial charge on any atom is -0.493 e. The largest absolute Gasteiger partial charge is 0.493 e. The highest BCUT2D eigenvalue weighted by Crippen LogP contribution is 2.21. The highest BCUT2D eigenvalue weighted by molar-refractivity contribution is 5.93. The maximum absolute atomic E-state index is 11.4. The number of pyridine rings is 1. The van der Waals surface area contributed by atoms with Crippen LogP contribution in [0.2, 0.25) is 0 Å². The summed E-state index contributed by atoms with van der Waals surface area (Å²) in [5.41, 5.74) is 7.09. The third-order valence-corrected chi connectivity index (χ3v) is 2.47. The summed E-state index contributed by atoms with van der Waals surface area (Å²) in [6.45, 7) is 1.93. The molecule has 2 N–H and O–H groups in total. The summed E-state index contributed by atoms with van der Waals surface area (Å²) in [5, 5.41) is 0. The highest BCUT2D eigenvalue weighted by Gasteiger charge is 2.17. The lowest BCUT2D eigenvalue weighted by molar-refractivity contribution is 0.0994. The van der Waals surface area contributed by atoms with Crippen molar-refractivity contribution in [3.63, 3.8) is 0 Å². The Labute approximate surface area is 92.8 Å². The van der Waals surface area contributed by atoms with Crippen LogP contribution < -0.4 is 10.5 Å². The zero-order valence-corrected chi connectivity index (χ0v) is 9.23. The first-order chi connectivity index (χ1) is 7.69. The molecule has 0 atom stereocenters. The number of ether oxygens (including phenoxy) is 1. The number of aromatic nitrogens is 2. The van der Waals surface area contributed by atoms with Gasteiger partial charge in [-0.2, -0.15) is 0 Å². The molecule has 0 radical (unpaired) electrons. The van der Waals surface area contributed by atoms with Crippen molar-refractivity contribution in [2.75, 3.05) is 7.11 Å². The molecular weight excluding hydrogens is 206 g/mol.